The maximum Gasteiger partial charge on any atom is 0.0464 e. The van der Waals surface area contributed by atoms with Crippen molar-refractivity contribution in [1.82, 2.24) is 0 Å². The SMILES string of the molecule is CC1(C)C2=CC=CCC2c2ccc(N(c3ccc(-c4ccccc4)cc3)c3ccc(-c4ccc(-c5c6c(cc7ccccc57)C(C)(C)c5ccccc5-6)cc4)cc3)cc21. The first kappa shape index (κ1) is 35.5. The molecule has 0 saturated carbocycles. The van der Waals surface area contributed by atoms with Crippen molar-refractivity contribution in [2.75, 3.05) is 4.90 Å². The van der Waals surface area contributed by atoms with Crippen LogP contribution >= 0.6 is 0 Å². The summed E-state index contributed by atoms with van der Waals surface area (Å²) in [4.78, 5) is 2.42. The molecular formula is C58H47N. The van der Waals surface area contributed by atoms with Gasteiger partial charge in [-0.3, -0.25) is 0 Å². The number of hydrogen-bond acceptors (Lipinski definition) is 1. The van der Waals surface area contributed by atoms with Crippen LogP contribution in [-0.2, 0) is 10.8 Å². The van der Waals surface area contributed by atoms with E-state index in [1.54, 1.807) is 0 Å². The summed E-state index contributed by atoms with van der Waals surface area (Å²) in [6, 6.07) is 65.6. The molecule has 1 heteroatoms. The van der Waals surface area contributed by atoms with Crippen LogP contribution in [-0.4, -0.2) is 0 Å². The minimum absolute atomic E-state index is 0.0225. The molecule has 0 bridgehead atoms. The van der Waals surface area contributed by atoms with Gasteiger partial charge in [0.25, 0.3) is 0 Å². The molecule has 0 radical (unpaired) electrons. The van der Waals surface area contributed by atoms with Crippen molar-refractivity contribution in [2.24, 2.45) is 0 Å². The summed E-state index contributed by atoms with van der Waals surface area (Å²) in [7, 11) is 0. The first-order valence-electron chi connectivity index (χ1n) is 21.1. The quantitative estimate of drug-likeness (QED) is 0.163. The second-order valence-corrected chi connectivity index (χ2v) is 17.7. The van der Waals surface area contributed by atoms with E-state index < -0.39 is 0 Å². The van der Waals surface area contributed by atoms with E-state index in [4.69, 9.17) is 0 Å². The van der Waals surface area contributed by atoms with Gasteiger partial charge in [-0.15, -0.1) is 0 Å². The zero-order valence-corrected chi connectivity index (χ0v) is 34.2. The lowest BCUT2D eigenvalue weighted by atomic mass is 9.79. The van der Waals surface area contributed by atoms with Crippen molar-refractivity contribution in [1.29, 1.82) is 0 Å². The first-order chi connectivity index (χ1) is 28.8. The average molecular weight is 758 g/mol. The van der Waals surface area contributed by atoms with Gasteiger partial charge in [-0.05, 0) is 126 Å². The number of nitrogens with zero attached hydrogens (tertiary/aromatic N) is 1. The zero-order valence-electron chi connectivity index (χ0n) is 34.2. The van der Waals surface area contributed by atoms with E-state index in [9.17, 15) is 0 Å². The molecule has 0 N–H and O–H groups in total. The first-order valence-corrected chi connectivity index (χ1v) is 21.1. The fraction of sp³-hybridized carbons (Fsp3) is 0.138. The predicted octanol–water partition coefficient (Wildman–Crippen LogP) is 15.9. The van der Waals surface area contributed by atoms with E-state index in [2.05, 4.69) is 227 Å². The van der Waals surface area contributed by atoms with E-state index in [1.165, 1.54) is 88.8 Å². The Balaban J connectivity index is 0.974. The summed E-state index contributed by atoms with van der Waals surface area (Å²) < 4.78 is 0. The summed E-state index contributed by atoms with van der Waals surface area (Å²) >= 11 is 0. The lowest BCUT2D eigenvalue weighted by Crippen LogP contribution is -2.18. The Labute approximate surface area is 348 Å². The van der Waals surface area contributed by atoms with E-state index in [0.29, 0.717) is 5.92 Å². The van der Waals surface area contributed by atoms with Gasteiger partial charge in [-0.25, -0.2) is 0 Å². The monoisotopic (exact) mass is 757 g/mol. The van der Waals surface area contributed by atoms with Crippen LogP contribution in [0.2, 0.25) is 0 Å². The predicted molar refractivity (Wildman–Crippen MR) is 250 cm³/mol. The molecule has 0 aromatic heterocycles. The van der Waals surface area contributed by atoms with Crippen LogP contribution in [0.4, 0.5) is 17.1 Å². The zero-order chi connectivity index (χ0) is 39.9. The third-order valence-electron chi connectivity index (χ3n) is 13.7. The molecule has 1 nitrogen and oxygen atoms in total. The molecule has 3 aliphatic rings. The van der Waals surface area contributed by atoms with Gasteiger partial charge in [0.15, 0.2) is 0 Å². The highest BCUT2D eigenvalue weighted by molar-refractivity contribution is 6.08. The molecule has 0 amide bonds. The highest BCUT2D eigenvalue weighted by atomic mass is 15.1. The van der Waals surface area contributed by atoms with Crippen LogP contribution in [0.5, 0.6) is 0 Å². The Morgan fingerprint density at radius 1 is 0.458 bits per heavy atom. The van der Waals surface area contributed by atoms with E-state index in [1.807, 2.05) is 0 Å². The van der Waals surface area contributed by atoms with Gasteiger partial charge < -0.3 is 4.90 Å². The van der Waals surface area contributed by atoms with E-state index in [-0.39, 0.29) is 10.8 Å². The summed E-state index contributed by atoms with van der Waals surface area (Å²) in [5.41, 5.74) is 20.8. The topological polar surface area (TPSA) is 3.24 Å². The highest BCUT2D eigenvalue weighted by Crippen LogP contribution is 2.56. The Morgan fingerprint density at radius 2 is 1.03 bits per heavy atom. The minimum Gasteiger partial charge on any atom is -0.310 e. The van der Waals surface area contributed by atoms with Gasteiger partial charge in [0.1, 0.15) is 0 Å². The van der Waals surface area contributed by atoms with Crippen molar-refractivity contribution in [3.63, 3.8) is 0 Å². The minimum atomic E-state index is -0.0619. The van der Waals surface area contributed by atoms with Crippen LogP contribution < -0.4 is 4.90 Å². The maximum absolute atomic E-state index is 2.45. The standard InChI is InChI=1S/C58H47N/c1-57(2)51-20-12-10-18-48(51)49-35-34-46(37-53(49)57)59(44-30-26-40(27-31-44)38-14-6-5-7-15-38)45-32-28-41(29-33-45)39-22-24-42(25-23-39)55-47-17-9-8-16-43(47)36-54-56(55)50-19-11-13-21-52(50)58(54,3)4/h5-17,19-37,48H,18H2,1-4H3. The van der Waals surface area contributed by atoms with Crippen LogP contribution in [0, 0.1) is 0 Å². The van der Waals surface area contributed by atoms with Gasteiger partial charge in [-0.1, -0.05) is 185 Å². The number of rotatable bonds is 6. The van der Waals surface area contributed by atoms with Crippen LogP contribution in [0.1, 0.15) is 62.3 Å². The third kappa shape index (κ3) is 5.59. The largest absolute Gasteiger partial charge is 0.310 e. The maximum atomic E-state index is 2.45. The number of benzene rings is 8. The molecule has 3 aliphatic carbocycles. The van der Waals surface area contributed by atoms with Gasteiger partial charge >= 0.3 is 0 Å². The normalized spacial score (nSPS) is 16.5. The van der Waals surface area contributed by atoms with Crippen molar-refractivity contribution in [3.8, 4) is 44.5 Å². The second-order valence-electron chi connectivity index (χ2n) is 17.7. The molecule has 0 aliphatic heterocycles. The van der Waals surface area contributed by atoms with Gasteiger partial charge in [0.2, 0.25) is 0 Å². The summed E-state index contributed by atoms with van der Waals surface area (Å²) in [5, 5.41) is 2.59. The molecule has 0 saturated heterocycles. The lowest BCUT2D eigenvalue weighted by Gasteiger charge is -2.28. The molecule has 8 aromatic carbocycles. The third-order valence-corrected chi connectivity index (χ3v) is 13.7. The van der Waals surface area contributed by atoms with Crippen molar-refractivity contribution < 1.29 is 0 Å². The molecule has 8 aromatic rings. The molecule has 59 heavy (non-hydrogen) atoms. The van der Waals surface area contributed by atoms with Crippen LogP contribution in [0.15, 0.2) is 200 Å². The number of hydrogen-bond donors (Lipinski definition) is 0. The fourth-order valence-corrected chi connectivity index (χ4v) is 10.6. The molecule has 1 unspecified atom stereocenters. The smallest absolute Gasteiger partial charge is 0.0464 e. The van der Waals surface area contributed by atoms with Crippen molar-refractivity contribution in [3.05, 3.63) is 222 Å². The molecule has 0 fully saturated rings. The highest BCUT2D eigenvalue weighted by Gasteiger charge is 2.42. The van der Waals surface area contributed by atoms with Gasteiger partial charge in [-0.2, -0.15) is 0 Å². The summed E-state index contributed by atoms with van der Waals surface area (Å²) in [6.07, 6.45) is 7.99. The van der Waals surface area contributed by atoms with Gasteiger partial charge in [0.05, 0.1) is 0 Å². The molecule has 1 atom stereocenters. The summed E-state index contributed by atoms with van der Waals surface area (Å²) in [6.45, 7) is 9.53. The van der Waals surface area contributed by atoms with E-state index >= 15 is 0 Å². The number of anilines is 3. The lowest BCUT2D eigenvalue weighted by molar-refractivity contribution is 0.612. The number of allylic oxidation sites excluding steroid dienone is 4. The van der Waals surface area contributed by atoms with Gasteiger partial charge in [0, 0.05) is 33.8 Å². The fourth-order valence-electron chi connectivity index (χ4n) is 10.6. The Bertz CT molecular complexity index is 2980. The second kappa shape index (κ2) is 13.4. The van der Waals surface area contributed by atoms with E-state index in [0.717, 1.165) is 17.8 Å². The Hall–Kier alpha value is -6.70. The summed E-state index contributed by atoms with van der Waals surface area (Å²) in [5.74, 6) is 0.465. The molecule has 11 rings (SSSR count). The average Bonchev–Trinajstić information content (AvgIpc) is 3.65. The number of fused-ring (bicyclic) bond motifs is 7. The molecular weight excluding hydrogens is 711 g/mol. The van der Waals surface area contributed by atoms with Crippen molar-refractivity contribution in [2.45, 2.75) is 50.9 Å². The van der Waals surface area contributed by atoms with Crippen LogP contribution in [0.25, 0.3) is 55.3 Å². The van der Waals surface area contributed by atoms with Crippen LogP contribution in [0.3, 0.4) is 0 Å². The van der Waals surface area contributed by atoms with Crippen molar-refractivity contribution >= 4 is 27.8 Å². The molecule has 0 heterocycles. The Kier molecular flexibility index (Phi) is 8.07. The Morgan fingerprint density at radius 3 is 1.75 bits per heavy atom. The molecule has 284 valence electrons. The molecule has 0 spiro atoms.